The molecule has 3 aromatic rings. The van der Waals surface area contributed by atoms with E-state index in [1.165, 1.54) is 11.3 Å². The van der Waals surface area contributed by atoms with Gasteiger partial charge in [-0.2, -0.15) is 0 Å². The number of benzene rings is 1. The average Bonchev–Trinajstić information content (AvgIpc) is 3.48. The number of hydrogen-bond acceptors (Lipinski definition) is 6. The first-order chi connectivity index (χ1) is 14.4. The highest BCUT2D eigenvalue weighted by Crippen LogP contribution is 2.38. The maximum Gasteiger partial charge on any atom is 0.263 e. The third-order valence-corrected chi connectivity index (χ3v) is 6.23. The van der Waals surface area contributed by atoms with Gasteiger partial charge in [-0.05, 0) is 32.3 Å². The smallest absolute Gasteiger partial charge is 0.263 e. The quantitative estimate of drug-likeness (QED) is 0.619. The molecule has 1 N–H and O–H groups in total. The number of rotatable bonds is 7. The fraction of sp³-hybridized carbons (Fsp3) is 0.391. The van der Waals surface area contributed by atoms with Crippen LogP contribution in [0.5, 0.6) is 0 Å². The molecule has 0 radical (unpaired) electrons. The maximum atomic E-state index is 13.0. The van der Waals surface area contributed by atoms with Gasteiger partial charge >= 0.3 is 0 Å². The summed E-state index contributed by atoms with van der Waals surface area (Å²) in [6.07, 6.45) is 2.91. The minimum Gasteiger partial charge on any atom is -0.363 e. The molecule has 0 bridgehead atoms. The van der Waals surface area contributed by atoms with E-state index in [0.717, 1.165) is 47.0 Å². The highest BCUT2D eigenvalue weighted by atomic mass is 32.1. The number of anilines is 1. The highest BCUT2D eigenvalue weighted by Gasteiger charge is 2.28. The zero-order chi connectivity index (χ0) is 21.3. The molecule has 0 saturated heterocycles. The van der Waals surface area contributed by atoms with Crippen molar-refractivity contribution in [1.29, 1.82) is 0 Å². The van der Waals surface area contributed by atoms with Crippen LogP contribution in [0.1, 0.15) is 62.8 Å². The number of aryl methyl sites for hydroxylation is 2. The van der Waals surface area contributed by atoms with Crippen molar-refractivity contribution in [2.45, 2.75) is 45.1 Å². The molecule has 1 saturated carbocycles. The van der Waals surface area contributed by atoms with E-state index in [0.29, 0.717) is 17.2 Å². The highest BCUT2D eigenvalue weighted by molar-refractivity contribution is 7.11. The van der Waals surface area contributed by atoms with Gasteiger partial charge in [-0.1, -0.05) is 29.8 Å². The van der Waals surface area contributed by atoms with Crippen molar-refractivity contribution in [1.82, 2.24) is 20.3 Å². The third kappa shape index (κ3) is 4.67. The van der Waals surface area contributed by atoms with Crippen LogP contribution in [0.4, 0.5) is 5.82 Å². The first-order valence-electron chi connectivity index (χ1n) is 10.2. The van der Waals surface area contributed by atoms with Gasteiger partial charge in [-0.3, -0.25) is 4.79 Å². The molecule has 1 aliphatic carbocycles. The molecule has 1 fully saturated rings. The zero-order valence-corrected chi connectivity index (χ0v) is 18.7. The van der Waals surface area contributed by atoms with Crippen LogP contribution in [-0.4, -0.2) is 35.0 Å². The molecular weight excluding hydrogens is 394 g/mol. The van der Waals surface area contributed by atoms with Crippen molar-refractivity contribution < 1.29 is 4.79 Å². The van der Waals surface area contributed by atoms with E-state index in [1.807, 2.05) is 38.1 Å². The Balaban J connectivity index is 1.66. The molecule has 4 rings (SSSR count). The Bertz CT molecular complexity index is 1040. The maximum absolute atomic E-state index is 13.0. The summed E-state index contributed by atoms with van der Waals surface area (Å²) in [5, 5.41) is 3.22. The molecular formula is C23H27N5OS. The first kappa shape index (κ1) is 20.5. The normalized spacial score (nSPS) is 14.4. The van der Waals surface area contributed by atoms with Crippen molar-refractivity contribution in [2.75, 3.05) is 19.0 Å². The molecule has 1 amide bonds. The van der Waals surface area contributed by atoms with Crippen LogP contribution in [0.25, 0.3) is 0 Å². The van der Waals surface area contributed by atoms with Crippen LogP contribution in [0.3, 0.4) is 0 Å². The summed E-state index contributed by atoms with van der Waals surface area (Å²) in [4.78, 5) is 29.4. The monoisotopic (exact) mass is 421 g/mol. The summed E-state index contributed by atoms with van der Waals surface area (Å²) >= 11 is 1.37. The van der Waals surface area contributed by atoms with Crippen LogP contribution in [0.15, 0.2) is 35.8 Å². The predicted octanol–water partition coefficient (Wildman–Crippen LogP) is 4.21. The van der Waals surface area contributed by atoms with Gasteiger partial charge in [-0.25, -0.2) is 15.0 Å². The van der Waals surface area contributed by atoms with Gasteiger partial charge in [0.1, 0.15) is 16.5 Å². The second-order valence-electron chi connectivity index (χ2n) is 8.16. The molecule has 2 heterocycles. The van der Waals surface area contributed by atoms with Crippen LogP contribution in [-0.2, 0) is 6.42 Å². The van der Waals surface area contributed by atoms with Crippen molar-refractivity contribution >= 4 is 23.1 Å². The largest absolute Gasteiger partial charge is 0.363 e. The summed E-state index contributed by atoms with van der Waals surface area (Å²) < 4.78 is 0. The fourth-order valence-corrected chi connectivity index (χ4v) is 4.16. The Kier molecular flexibility index (Phi) is 5.81. The Labute approximate surface area is 181 Å². The van der Waals surface area contributed by atoms with Gasteiger partial charge in [0.2, 0.25) is 0 Å². The SMILES string of the molecule is Cc1cccc(C(Cc2cc(N(C)C)nc(C3CC3)n2)NC(=O)c2scnc2C)c1. The second-order valence-corrected chi connectivity index (χ2v) is 9.01. The lowest BCUT2D eigenvalue weighted by molar-refractivity contribution is 0.0939. The Hall–Kier alpha value is -2.80. The van der Waals surface area contributed by atoms with Crippen molar-refractivity contribution in [3.63, 3.8) is 0 Å². The van der Waals surface area contributed by atoms with Crippen molar-refractivity contribution in [3.05, 3.63) is 69.1 Å². The van der Waals surface area contributed by atoms with Gasteiger partial charge < -0.3 is 10.2 Å². The molecule has 7 heteroatoms. The van der Waals surface area contributed by atoms with Crippen molar-refractivity contribution in [2.24, 2.45) is 0 Å². The molecule has 2 aromatic heterocycles. The van der Waals surface area contributed by atoms with E-state index in [-0.39, 0.29) is 11.9 Å². The van der Waals surface area contributed by atoms with Crippen LogP contribution >= 0.6 is 11.3 Å². The number of carbonyl (C=O) groups is 1. The molecule has 1 unspecified atom stereocenters. The lowest BCUT2D eigenvalue weighted by Crippen LogP contribution is -2.30. The van der Waals surface area contributed by atoms with Gasteiger partial charge in [0.25, 0.3) is 5.91 Å². The molecule has 0 spiro atoms. The molecule has 156 valence electrons. The predicted molar refractivity (Wildman–Crippen MR) is 120 cm³/mol. The Morgan fingerprint density at radius 2 is 2.03 bits per heavy atom. The van der Waals surface area contributed by atoms with Gasteiger partial charge in [0, 0.05) is 38.2 Å². The van der Waals surface area contributed by atoms with E-state index in [1.54, 1.807) is 5.51 Å². The molecule has 1 aromatic carbocycles. The van der Waals surface area contributed by atoms with Gasteiger partial charge in [-0.15, -0.1) is 11.3 Å². The standard InChI is InChI=1S/C23H27N5OS/c1-14-6-5-7-17(10-14)19(26-23(29)21-15(2)24-13-30-21)11-18-12-20(28(3)4)27-22(25-18)16-8-9-16/h5-7,10,12-13,16,19H,8-9,11H2,1-4H3,(H,26,29). The first-order valence-corrected chi connectivity index (χ1v) is 11.1. The van der Waals surface area contributed by atoms with Gasteiger partial charge in [0.05, 0.1) is 17.2 Å². The number of carbonyl (C=O) groups excluding carboxylic acids is 1. The van der Waals surface area contributed by atoms with E-state index in [9.17, 15) is 4.79 Å². The van der Waals surface area contributed by atoms with E-state index < -0.39 is 0 Å². The second kappa shape index (κ2) is 8.52. The lowest BCUT2D eigenvalue weighted by atomic mass is 9.99. The number of hydrogen-bond donors (Lipinski definition) is 1. The summed E-state index contributed by atoms with van der Waals surface area (Å²) in [7, 11) is 3.99. The molecule has 1 atom stereocenters. The minimum atomic E-state index is -0.184. The number of amides is 1. The molecule has 30 heavy (non-hydrogen) atoms. The van der Waals surface area contributed by atoms with Crippen LogP contribution in [0, 0.1) is 13.8 Å². The average molecular weight is 422 g/mol. The molecule has 6 nitrogen and oxygen atoms in total. The molecule has 0 aliphatic heterocycles. The lowest BCUT2D eigenvalue weighted by Gasteiger charge is -2.21. The Morgan fingerprint density at radius 1 is 1.23 bits per heavy atom. The zero-order valence-electron chi connectivity index (χ0n) is 17.8. The topological polar surface area (TPSA) is 71.0 Å². The number of aromatic nitrogens is 3. The van der Waals surface area contributed by atoms with Crippen LogP contribution < -0.4 is 10.2 Å². The van der Waals surface area contributed by atoms with Crippen LogP contribution in [0.2, 0.25) is 0 Å². The number of nitrogens with zero attached hydrogens (tertiary/aromatic N) is 4. The summed E-state index contributed by atoms with van der Waals surface area (Å²) in [5.74, 6) is 2.21. The third-order valence-electron chi connectivity index (χ3n) is 5.30. The van der Waals surface area contributed by atoms with E-state index >= 15 is 0 Å². The van der Waals surface area contributed by atoms with E-state index in [4.69, 9.17) is 9.97 Å². The summed E-state index contributed by atoms with van der Waals surface area (Å²) in [6.45, 7) is 3.93. The Morgan fingerprint density at radius 3 is 2.67 bits per heavy atom. The van der Waals surface area contributed by atoms with E-state index in [2.05, 4.69) is 35.4 Å². The summed E-state index contributed by atoms with van der Waals surface area (Å²) in [6, 6.07) is 10.1. The minimum absolute atomic E-state index is 0.0918. The number of nitrogens with one attached hydrogen (secondary N) is 1. The fourth-order valence-electron chi connectivity index (χ4n) is 3.45. The van der Waals surface area contributed by atoms with Gasteiger partial charge in [0.15, 0.2) is 0 Å². The molecule has 1 aliphatic rings. The van der Waals surface area contributed by atoms with Crippen molar-refractivity contribution in [3.8, 4) is 0 Å². The summed E-state index contributed by atoms with van der Waals surface area (Å²) in [5.41, 5.74) is 5.65. The number of thiazole rings is 1.